The minimum Gasteiger partial charge on any atom is -0.491 e. The van der Waals surface area contributed by atoms with E-state index < -0.39 is 47.6 Å². The van der Waals surface area contributed by atoms with Crippen LogP contribution in [0.3, 0.4) is 0 Å². The van der Waals surface area contributed by atoms with Gasteiger partial charge in [-0.05, 0) is 75.9 Å². The number of aliphatic imine (C=N–C) groups is 1. The van der Waals surface area contributed by atoms with E-state index in [1.165, 1.54) is 4.90 Å². The van der Waals surface area contributed by atoms with Crippen molar-refractivity contribution in [2.75, 3.05) is 13.2 Å². The maximum Gasteiger partial charge on any atom is 0.408 e. The highest BCUT2D eigenvalue weighted by Gasteiger charge is 2.59. The van der Waals surface area contributed by atoms with Crippen molar-refractivity contribution in [2.45, 2.75) is 126 Å². The first-order chi connectivity index (χ1) is 22.7. The summed E-state index contributed by atoms with van der Waals surface area (Å²) < 4.78 is 17.9. The van der Waals surface area contributed by atoms with Gasteiger partial charge in [0.05, 0.1) is 24.4 Å². The molecule has 47 heavy (non-hydrogen) atoms. The van der Waals surface area contributed by atoms with E-state index in [0.717, 1.165) is 44.1 Å². The molecule has 254 valence electrons. The maximum absolute atomic E-state index is 14.3. The highest BCUT2D eigenvalue weighted by molar-refractivity contribution is 8.03. The number of dihydropyridines is 1. The van der Waals surface area contributed by atoms with Crippen LogP contribution in [0.5, 0.6) is 0 Å². The normalized spacial score (nSPS) is 32.6. The second kappa shape index (κ2) is 14.2. The molecule has 6 atom stereocenters. The number of alkyl carbamates (subject to hydrolysis) is 1. The number of carboxylic acid groups (broad SMARTS) is 1. The van der Waals surface area contributed by atoms with Gasteiger partial charge in [-0.2, -0.15) is 0 Å². The number of hydrogen-bond acceptors (Lipinski definition) is 9. The van der Waals surface area contributed by atoms with E-state index in [2.05, 4.69) is 21.8 Å². The Morgan fingerprint density at radius 3 is 2.72 bits per heavy atom. The van der Waals surface area contributed by atoms with Gasteiger partial charge in [0.15, 0.2) is 5.54 Å². The Kier molecular flexibility index (Phi) is 10.0. The van der Waals surface area contributed by atoms with E-state index in [9.17, 15) is 24.3 Å². The summed E-state index contributed by atoms with van der Waals surface area (Å²) in [6, 6.07) is -2.05. The molecular formula is C34H44N4O8S. The summed E-state index contributed by atoms with van der Waals surface area (Å²) in [6.45, 7) is 4.43. The Labute approximate surface area is 279 Å². The van der Waals surface area contributed by atoms with Gasteiger partial charge >= 0.3 is 12.1 Å². The molecule has 3 N–H and O–H groups in total. The van der Waals surface area contributed by atoms with Gasteiger partial charge in [0.2, 0.25) is 17.7 Å². The number of carboxylic acids is 1. The number of carbonyl (C=O) groups excluding carboxylic acids is 3. The summed E-state index contributed by atoms with van der Waals surface area (Å²) in [6.07, 6.45) is 9.49. The van der Waals surface area contributed by atoms with E-state index >= 15 is 0 Å². The quantitative estimate of drug-likeness (QED) is 0.355. The molecule has 13 heteroatoms. The predicted molar refractivity (Wildman–Crippen MR) is 175 cm³/mol. The second-order valence-corrected chi connectivity index (χ2v) is 14.2. The number of aliphatic carboxylic acids is 1. The van der Waals surface area contributed by atoms with Crippen LogP contribution >= 0.6 is 11.8 Å². The van der Waals surface area contributed by atoms with Gasteiger partial charge < -0.3 is 34.9 Å². The van der Waals surface area contributed by atoms with E-state index in [-0.39, 0.29) is 36.8 Å². The number of hydrogen-bond donors (Lipinski definition) is 3. The van der Waals surface area contributed by atoms with Gasteiger partial charge in [-0.3, -0.25) is 9.59 Å². The fourth-order valence-electron chi connectivity index (χ4n) is 7.05. The number of carbonyl (C=O) groups is 4. The van der Waals surface area contributed by atoms with Crippen LogP contribution in [0.1, 0.15) is 84.5 Å². The number of thioether (sulfide) groups is 1. The zero-order valence-electron chi connectivity index (χ0n) is 27.0. The van der Waals surface area contributed by atoms with Gasteiger partial charge in [-0.1, -0.05) is 12.8 Å². The smallest absolute Gasteiger partial charge is 0.408 e. The molecule has 6 aliphatic rings. The van der Waals surface area contributed by atoms with E-state index in [1.54, 1.807) is 17.8 Å². The Bertz CT molecular complexity index is 1440. The third kappa shape index (κ3) is 7.26. The summed E-state index contributed by atoms with van der Waals surface area (Å²) in [5.74, 6) is -1.03. The van der Waals surface area contributed by atoms with Crippen molar-refractivity contribution in [3.8, 4) is 0 Å². The zero-order valence-corrected chi connectivity index (χ0v) is 27.8. The predicted octanol–water partition coefficient (Wildman–Crippen LogP) is 4.12. The summed E-state index contributed by atoms with van der Waals surface area (Å²) in [5, 5.41) is 17.6. The lowest BCUT2D eigenvalue weighted by molar-refractivity contribution is -0.145. The molecule has 0 aromatic carbocycles. The molecule has 4 aliphatic heterocycles. The molecule has 4 heterocycles. The molecular weight excluding hydrogens is 624 g/mol. The molecule has 1 saturated heterocycles. The number of rotatable bonds is 6. The largest absolute Gasteiger partial charge is 0.491 e. The van der Waals surface area contributed by atoms with Crippen LogP contribution in [-0.4, -0.2) is 94.1 Å². The van der Waals surface area contributed by atoms with Crippen molar-refractivity contribution >= 4 is 41.5 Å². The lowest BCUT2D eigenvalue weighted by Crippen LogP contribution is -2.56. The van der Waals surface area contributed by atoms with Gasteiger partial charge in [0.1, 0.15) is 30.1 Å². The number of amides is 3. The lowest BCUT2D eigenvalue weighted by atomic mass is 10.0. The van der Waals surface area contributed by atoms with Crippen LogP contribution in [0, 0.1) is 0 Å². The summed E-state index contributed by atoms with van der Waals surface area (Å²) in [4.78, 5) is 59.8. The van der Waals surface area contributed by atoms with Gasteiger partial charge in [-0.15, -0.1) is 17.5 Å². The maximum atomic E-state index is 14.3. The van der Waals surface area contributed by atoms with Crippen molar-refractivity contribution < 1.29 is 38.5 Å². The van der Waals surface area contributed by atoms with Gasteiger partial charge in [0.25, 0.3) is 0 Å². The highest BCUT2D eigenvalue weighted by Crippen LogP contribution is 2.44. The summed E-state index contributed by atoms with van der Waals surface area (Å²) >= 11 is 1.61. The minimum atomic E-state index is -1.55. The third-order valence-electron chi connectivity index (χ3n) is 9.73. The average molecular weight is 669 g/mol. The number of nitrogens with one attached hydrogen (secondary N) is 2. The minimum absolute atomic E-state index is 0.0857. The Balaban J connectivity index is 1.26. The molecule has 0 aromatic rings. The van der Waals surface area contributed by atoms with E-state index in [0.29, 0.717) is 43.1 Å². The highest BCUT2D eigenvalue weighted by atomic mass is 32.2. The molecule has 6 rings (SSSR count). The fourth-order valence-corrected chi connectivity index (χ4v) is 8.24. The first-order valence-corrected chi connectivity index (χ1v) is 17.8. The Morgan fingerprint density at radius 2 is 1.96 bits per heavy atom. The molecule has 12 nitrogen and oxygen atoms in total. The summed E-state index contributed by atoms with van der Waals surface area (Å²) in [5.41, 5.74) is 3.15. The average Bonchev–Trinajstić information content (AvgIpc) is 3.40. The van der Waals surface area contributed by atoms with Crippen molar-refractivity contribution in [3.05, 3.63) is 40.2 Å². The van der Waals surface area contributed by atoms with Crippen LogP contribution in [0.4, 0.5) is 4.79 Å². The molecule has 2 aliphatic carbocycles. The lowest BCUT2D eigenvalue weighted by Gasteiger charge is -2.29. The SMILES string of the molecule is CCOC1=NC2C(C)=CSC2C(O[C@@H]2C[C@H]3C(=O)N[C@]4(C(=O)O)CC4=C=CCCCCC[C@H](NC(=O)OC4CCCC4)C(=O)N3C2)=C1. The molecule has 0 bridgehead atoms. The molecule has 3 fully saturated rings. The first kappa shape index (κ1) is 33.2. The Morgan fingerprint density at radius 1 is 1.17 bits per heavy atom. The standard InChI is InChI=1S/C34H44N4O8S/c1-3-44-27-16-26(29-28(36-27)20(2)19-47-29)45-23-15-25-30(39)37-34(32(41)42)17-21(34)11-7-5-4-6-8-14-24(31(40)38(25)18-23)35-33(43)46-22-12-9-10-13-22/h7,16,19,22-25,28-29H,3-6,8-10,12-15,17-18H2,1-2H3,(H,35,43)(H,37,39)(H,41,42)/t11?,23-,24+,25+,28?,29?,34-/m1/s1. The topological polar surface area (TPSA) is 156 Å². The number of fused-ring (bicyclic) bond motifs is 3. The number of nitrogens with zero attached hydrogens (tertiary/aromatic N) is 2. The molecule has 0 aromatic heterocycles. The third-order valence-corrected chi connectivity index (χ3v) is 11.0. The fraction of sp³-hybridized carbons (Fsp3) is 0.647. The van der Waals surface area contributed by atoms with E-state index in [4.69, 9.17) is 19.2 Å². The first-order valence-electron chi connectivity index (χ1n) is 16.9. The van der Waals surface area contributed by atoms with Crippen LogP contribution in [-0.2, 0) is 28.6 Å². The van der Waals surface area contributed by atoms with Crippen LogP contribution < -0.4 is 10.6 Å². The molecule has 0 radical (unpaired) electrons. The van der Waals surface area contributed by atoms with Crippen molar-refractivity contribution in [1.29, 1.82) is 0 Å². The van der Waals surface area contributed by atoms with Crippen LogP contribution in [0.2, 0.25) is 0 Å². The molecule has 3 amide bonds. The van der Waals surface area contributed by atoms with Crippen LogP contribution in [0.25, 0.3) is 0 Å². The Hall–Kier alpha value is -3.70. The zero-order chi connectivity index (χ0) is 33.1. The van der Waals surface area contributed by atoms with Gasteiger partial charge in [-0.25, -0.2) is 14.6 Å². The monoisotopic (exact) mass is 668 g/mol. The second-order valence-electron chi connectivity index (χ2n) is 13.1. The molecule has 2 unspecified atom stereocenters. The number of ether oxygens (including phenoxy) is 3. The summed E-state index contributed by atoms with van der Waals surface area (Å²) in [7, 11) is 0. The molecule has 0 spiro atoms. The van der Waals surface area contributed by atoms with Crippen molar-refractivity contribution in [3.63, 3.8) is 0 Å². The van der Waals surface area contributed by atoms with E-state index in [1.807, 2.05) is 19.9 Å². The van der Waals surface area contributed by atoms with Gasteiger partial charge in [0, 0.05) is 24.5 Å². The van der Waals surface area contributed by atoms with Crippen LogP contribution in [0.15, 0.2) is 45.2 Å². The molecule has 2 saturated carbocycles. The van der Waals surface area contributed by atoms with Crippen molar-refractivity contribution in [2.24, 2.45) is 4.99 Å². The van der Waals surface area contributed by atoms with Crippen molar-refractivity contribution in [1.82, 2.24) is 15.5 Å².